The molecule has 1 fully saturated rings. The van der Waals surface area contributed by atoms with E-state index in [0.29, 0.717) is 37.2 Å². The van der Waals surface area contributed by atoms with Crippen LogP contribution < -0.4 is 0 Å². The molecular formula is C24H28N2O2. The Morgan fingerprint density at radius 1 is 1.14 bits per heavy atom. The quantitative estimate of drug-likeness (QED) is 0.539. The van der Waals surface area contributed by atoms with Gasteiger partial charge in [-0.2, -0.15) is 0 Å². The molecule has 1 saturated heterocycles. The Hall–Kier alpha value is -2.98. The first-order valence-electron chi connectivity index (χ1n) is 9.33. The molecule has 4 heteroatoms. The SMILES string of the molecule is C=C/C=C(C=C)/C=C1\CN(C(=O)CCN(C)C)C/C(=C\c2ccccc2)C1=O. The number of carbonyl (C=O) groups is 2. The summed E-state index contributed by atoms with van der Waals surface area (Å²) in [5, 5.41) is 0. The lowest BCUT2D eigenvalue weighted by molar-refractivity contribution is -0.131. The van der Waals surface area contributed by atoms with E-state index in [2.05, 4.69) is 13.2 Å². The van der Waals surface area contributed by atoms with E-state index in [1.54, 1.807) is 29.2 Å². The lowest BCUT2D eigenvalue weighted by atomic mass is 9.94. The molecule has 0 aromatic heterocycles. The van der Waals surface area contributed by atoms with E-state index in [-0.39, 0.29) is 11.7 Å². The van der Waals surface area contributed by atoms with Gasteiger partial charge in [-0.3, -0.25) is 9.59 Å². The fraction of sp³-hybridized carbons (Fsp3) is 0.250. The van der Waals surface area contributed by atoms with Gasteiger partial charge in [0.25, 0.3) is 0 Å². The van der Waals surface area contributed by atoms with Crippen molar-refractivity contribution in [3.8, 4) is 0 Å². The maximum Gasteiger partial charge on any atom is 0.224 e. The maximum absolute atomic E-state index is 13.0. The zero-order valence-electron chi connectivity index (χ0n) is 16.7. The lowest BCUT2D eigenvalue weighted by Crippen LogP contribution is -2.42. The van der Waals surface area contributed by atoms with Gasteiger partial charge in [-0.25, -0.2) is 0 Å². The molecular weight excluding hydrogens is 348 g/mol. The molecule has 0 spiro atoms. The van der Waals surface area contributed by atoms with Crippen LogP contribution in [0.2, 0.25) is 0 Å². The van der Waals surface area contributed by atoms with E-state index in [1.165, 1.54) is 0 Å². The van der Waals surface area contributed by atoms with Gasteiger partial charge in [0, 0.05) is 37.2 Å². The van der Waals surface area contributed by atoms with Crippen LogP contribution in [0, 0.1) is 0 Å². The first-order valence-corrected chi connectivity index (χ1v) is 9.33. The summed E-state index contributed by atoms with van der Waals surface area (Å²) in [4.78, 5) is 29.5. The number of ketones is 1. The number of hydrogen-bond donors (Lipinski definition) is 0. The molecule has 28 heavy (non-hydrogen) atoms. The lowest BCUT2D eigenvalue weighted by Gasteiger charge is -2.30. The Kier molecular flexibility index (Phi) is 7.90. The van der Waals surface area contributed by atoms with Gasteiger partial charge in [-0.1, -0.05) is 61.7 Å². The molecule has 1 heterocycles. The molecule has 0 saturated carbocycles. The van der Waals surface area contributed by atoms with Crippen molar-refractivity contribution >= 4 is 17.8 Å². The molecule has 0 aliphatic carbocycles. The number of nitrogens with zero attached hydrogens (tertiary/aromatic N) is 2. The minimum Gasteiger partial charge on any atom is -0.334 e. The van der Waals surface area contributed by atoms with Crippen LogP contribution in [0.3, 0.4) is 0 Å². The summed E-state index contributed by atoms with van der Waals surface area (Å²) in [5.41, 5.74) is 2.93. The van der Waals surface area contributed by atoms with E-state index < -0.39 is 0 Å². The van der Waals surface area contributed by atoms with Crippen molar-refractivity contribution in [3.05, 3.63) is 90.1 Å². The number of carbonyl (C=O) groups excluding carboxylic acids is 2. The molecule has 0 radical (unpaired) electrons. The van der Waals surface area contributed by atoms with Gasteiger partial charge in [0.15, 0.2) is 5.78 Å². The number of Topliss-reactive ketones (excluding diaryl/α,β-unsaturated/α-hetero) is 1. The first kappa shape index (κ1) is 21.3. The molecule has 146 valence electrons. The fourth-order valence-corrected chi connectivity index (χ4v) is 2.96. The summed E-state index contributed by atoms with van der Waals surface area (Å²) in [6.07, 6.45) is 9.20. The van der Waals surface area contributed by atoms with Crippen LogP contribution in [0.1, 0.15) is 12.0 Å². The smallest absolute Gasteiger partial charge is 0.224 e. The van der Waals surface area contributed by atoms with Gasteiger partial charge in [0.2, 0.25) is 5.91 Å². The average Bonchev–Trinajstić information content (AvgIpc) is 2.69. The predicted molar refractivity (Wildman–Crippen MR) is 116 cm³/mol. The van der Waals surface area contributed by atoms with E-state index in [9.17, 15) is 9.59 Å². The number of amides is 1. The van der Waals surface area contributed by atoms with Crippen LogP contribution in [0.4, 0.5) is 0 Å². The van der Waals surface area contributed by atoms with Crippen LogP contribution in [0.5, 0.6) is 0 Å². The van der Waals surface area contributed by atoms with Crippen molar-refractivity contribution < 1.29 is 9.59 Å². The predicted octanol–water partition coefficient (Wildman–Crippen LogP) is 3.66. The minimum absolute atomic E-state index is 0.0303. The third kappa shape index (κ3) is 6.03. The number of allylic oxidation sites excluding steroid dienone is 5. The van der Waals surface area contributed by atoms with E-state index in [0.717, 1.165) is 11.1 Å². The van der Waals surface area contributed by atoms with Gasteiger partial charge in [-0.05, 0) is 37.4 Å². The van der Waals surface area contributed by atoms with Crippen molar-refractivity contribution in [2.45, 2.75) is 6.42 Å². The van der Waals surface area contributed by atoms with Crippen molar-refractivity contribution in [2.75, 3.05) is 33.7 Å². The van der Waals surface area contributed by atoms with Crippen LogP contribution in [0.25, 0.3) is 6.08 Å². The molecule has 1 amide bonds. The largest absolute Gasteiger partial charge is 0.334 e. The molecule has 0 bridgehead atoms. The molecule has 2 rings (SSSR count). The van der Waals surface area contributed by atoms with E-state index >= 15 is 0 Å². The Morgan fingerprint density at radius 3 is 2.43 bits per heavy atom. The number of rotatable bonds is 7. The first-order chi connectivity index (χ1) is 13.4. The summed E-state index contributed by atoms with van der Waals surface area (Å²) in [5.74, 6) is 0.0104. The van der Waals surface area contributed by atoms with Gasteiger partial charge in [-0.15, -0.1) is 0 Å². The number of likely N-dealkylation sites (tertiary alicyclic amines) is 1. The summed E-state index contributed by atoms with van der Waals surface area (Å²) in [6, 6.07) is 9.69. The molecule has 1 aromatic carbocycles. The zero-order valence-corrected chi connectivity index (χ0v) is 16.7. The van der Waals surface area contributed by atoms with Crippen molar-refractivity contribution in [3.63, 3.8) is 0 Å². The van der Waals surface area contributed by atoms with Gasteiger partial charge in [0.1, 0.15) is 0 Å². The molecule has 1 aromatic rings. The number of benzene rings is 1. The minimum atomic E-state index is -0.0303. The second-order valence-electron chi connectivity index (χ2n) is 6.99. The van der Waals surface area contributed by atoms with E-state index in [4.69, 9.17) is 0 Å². The normalized spacial score (nSPS) is 18.0. The van der Waals surface area contributed by atoms with Gasteiger partial charge >= 0.3 is 0 Å². The van der Waals surface area contributed by atoms with Gasteiger partial charge in [0.05, 0.1) is 0 Å². The summed E-state index contributed by atoms with van der Waals surface area (Å²) >= 11 is 0. The maximum atomic E-state index is 13.0. The van der Waals surface area contributed by atoms with Crippen molar-refractivity contribution in [1.29, 1.82) is 0 Å². The number of hydrogen-bond acceptors (Lipinski definition) is 3. The Morgan fingerprint density at radius 2 is 1.82 bits per heavy atom. The monoisotopic (exact) mass is 376 g/mol. The highest BCUT2D eigenvalue weighted by Gasteiger charge is 2.28. The standard InChI is InChI=1S/C24H28N2O2/c1-5-10-19(6-2)15-21-17-26(23(27)13-14-25(3)4)18-22(24(21)28)16-20-11-8-7-9-12-20/h5-12,15-16H,1-2,13-14,17-18H2,3-4H3/b19-10+,21-15+,22-16+. The Bertz CT molecular complexity index is 829. The molecule has 0 N–H and O–H groups in total. The second kappa shape index (κ2) is 10.4. The molecule has 0 atom stereocenters. The van der Waals surface area contributed by atoms with Crippen LogP contribution in [-0.2, 0) is 9.59 Å². The van der Waals surface area contributed by atoms with Crippen LogP contribution in [-0.4, -0.2) is 55.2 Å². The summed E-state index contributed by atoms with van der Waals surface area (Å²) in [7, 11) is 3.88. The Labute approximate surface area is 167 Å². The third-order valence-electron chi connectivity index (χ3n) is 4.46. The van der Waals surface area contributed by atoms with Gasteiger partial charge < -0.3 is 9.80 Å². The average molecular weight is 377 g/mol. The van der Waals surface area contributed by atoms with Crippen LogP contribution in [0.15, 0.2) is 84.5 Å². The molecule has 1 aliphatic heterocycles. The fourth-order valence-electron chi connectivity index (χ4n) is 2.96. The van der Waals surface area contributed by atoms with Crippen molar-refractivity contribution in [1.82, 2.24) is 9.80 Å². The highest BCUT2D eigenvalue weighted by atomic mass is 16.2. The summed E-state index contributed by atoms with van der Waals surface area (Å²) < 4.78 is 0. The number of piperidine rings is 1. The van der Waals surface area contributed by atoms with Crippen LogP contribution >= 0.6 is 0 Å². The molecule has 1 aliphatic rings. The van der Waals surface area contributed by atoms with Crippen molar-refractivity contribution in [2.24, 2.45) is 0 Å². The molecule has 0 unspecified atom stereocenters. The summed E-state index contributed by atoms with van der Waals surface area (Å²) in [6.45, 7) is 8.79. The molecule has 4 nitrogen and oxygen atoms in total. The zero-order chi connectivity index (χ0) is 20.5. The van der Waals surface area contributed by atoms with E-state index in [1.807, 2.05) is 55.4 Å². The Balaban J connectivity index is 2.38. The highest BCUT2D eigenvalue weighted by Crippen LogP contribution is 2.22. The third-order valence-corrected chi connectivity index (χ3v) is 4.46. The topological polar surface area (TPSA) is 40.6 Å². The second-order valence-corrected chi connectivity index (χ2v) is 6.99. The highest BCUT2D eigenvalue weighted by molar-refractivity contribution is 6.13.